The smallest absolute Gasteiger partial charge is 0.226 e. The van der Waals surface area contributed by atoms with Crippen molar-refractivity contribution in [1.82, 2.24) is 19.8 Å². The topological polar surface area (TPSA) is 64.2 Å². The standard InChI is InChI=1S/C15H20N4O2/c1-9-14(10(2)21-17-9)8-18(3)15(20)13-5-12(13)11-6-16-19(4)7-11/h6-7,12-13H,5,8H2,1-4H3/t12-,13-/m1/s1. The van der Waals surface area contributed by atoms with Crippen LogP contribution < -0.4 is 0 Å². The van der Waals surface area contributed by atoms with E-state index in [9.17, 15) is 4.79 Å². The van der Waals surface area contributed by atoms with Gasteiger partial charge in [-0.25, -0.2) is 0 Å². The Morgan fingerprint density at radius 1 is 1.52 bits per heavy atom. The number of aryl methyl sites for hydroxylation is 3. The Morgan fingerprint density at radius 2 is 2.29 bits per heavy atom. The van der Waals surface area contributed by atoms with Gasteiger partial charge in [-0.2, -0.15) is 5.10 Å². The van der Waals surface area contributed by atoms with Gasteiger partial charge in [0.1, 0.15) is 5.76 Å². The number of rotatable bonds is 4. The lowest BCUT2D eigenvalue weighted by molar-refractivity contribution is -0.131. The molecule has 112 valence electrons. The first-order valence-corrected chi connectivity index (χ1v) is 7.12. The van der Waals surface area contributed by atoms with Crippen LogP contribution in [0.5, 0.6) is 0 Å². The van der Waals surface area contributed by atoms with Crippen LogP contribution in [0, 0.1) is 19.8 Å². The molecule has 0 saturated heterocycles. The van der Waals surface area contributed by atoms with Crippen molar-refractivity contribution in [2.75, 3.05) is 7.05 Å². The molecule has 6 nitrogen and oxygen atoms in total. The lowest BCUT2D eigenvalue weighted by atomic mass is 10.1. The molecular formula is C15H20N4O2. The molecule has 0 aliphatic heterocycles. The molecule has 2 atom stereocenters. The Bertz CT molecular complexity index is 654. The molecule has 1 aliphatic rings. The van der Waals surface area contributed by atoms with Gasteiger partial charge in [-0.15, -0.1) is 0 Å². The van der Waals surface area contributed by atoms with E-state index in [1.807, 2.05) is 40.3 Å². The van der Waals surface area contributed by atoms with Crippen LogP contribution in [-0.2, 0) is 18.4 Å². The fourth-order valence-corrected chi connectivity index (χ4v) is 2.79. The summed E-state index contributed by atoms with van der Waals surface area (Å²) >= 11 is 0. The second-order valence-electron chi connectivity index (χ2n) is 5.89. The second kappa shape index (κ2) is 5.02. The maximum absolute atomic E-state index is 12.5. The van der Waals surface area contributed by atoms with Gasteiger partial charge in [0.15, 0.2) is 0 Å². The van der Waals surface area contributed by atoms with Crippen LogP contribution in [0.1, 0.15) is 34.9 Å². The van der Waals surface area contributed by atoms with Crippen LogP contribution in [0.3, 0.4) is 0 Å². The Labute approximate surface area is 123 Å². The van der Waals surface area contributed by atoms with E-state index < -0.39 is 0 Å². The molecule has 2 aromatic heterocycles. The van der Waals surface area contributed by atoms with Gasteiger partial charge in [0.05, 0.1) is 18.4 Å². The van der Waals surface area contributed by atoms with Crippen molar-refractivity contribution in [3.63, 3.8) is 0 Å². The van der Waals surface area contributed by atoms with Crippen molar-refractivity contribution in [2.45, 2.75) is 32.7 Å². The van der Waals surface area contributed by atoms with Crippen molar-refractivity contribution < 1.29 is 9.32 Å². The van der Waals surface area contributed by atoms with Gasteiger partial charge in [-0.3, -0.25) is 9.48 Å². The Balaban J connectivity index is 1.64. The van der Waals surface area contributed by atoms with Crippen LogP contribution in [0.25, 0.3) is 0 Å². The van der Waals surface area contributed by atoms with Gasteiger partial charge in [0, 0.05) is 31.8 Å². The average molecular weight is 288 g/mol. The number of carbonyl (C=O) groups is 1. The van der Waals surface area contributed by atoms with Gasteiger partial charge in [0.25, 0.3) is 0 Å². The summed E-state index contributed by atoms with van der Waals surface area (Å²) in [6, 6.07) is 0. The lowest BCUT2D eigenvalue weighted by Gasteiger charge is -2.17. The van der Waals surface area contributed by atoms with E-state index >= 15 is 0 Å². The average Bonchev–Trinajstić information content (AvgIpc) is 3.05. The SMILES string of the molecule is Cc1noc(C)c1CN(C)C(=O)[C@@H]1C[C@@H]1c1cnn(C)c1. The highest BCUT2D eigenvalue weighted by molar-refractivity contribution is 5.82. The molecule has 3 rings (SSSR count). The molecule has 0 aromatic carbocycles. The highest BCUT2D eigenvalue weighted by Crippen LogP contribution is 2.48. The molecule has 0 N–H and O–H groups in total. The summed E-state index contributed by atoms with van der Waals surface area (Å²) in [5, 5.41) is 8.10. The number of nitrogens with zero attached hydrogens (tertiary/aromatic N) is 4. The molecule has 1 fully saturated rings. The third-order valence-electron chi connectivity index (χ3n) is 4.21. The Kier molecular flexibility index (Phi) is 3.31. The molecule has 1 amide bonds. The van der Waals surface area contributed by atoms with Crippen LogP contribution in [0.2, 0.25) is 0 Å². The maximum atomic E-state index is 12.5. The number of hydrogen-bond acceptors (Lipinski definition) is 4. The summed E-state index contributed by atoms with van der Waals surface area (Å²) in [4.78, 5) is 14.3. The third kappa shape index (κ3) is 2.57. The summed E-state index contributed by atoms with van der Waals surface area (Å²) in [5.41, 5.74) is 3.01. The van der Waals surface area contributed by atoms with Crippen molar-refractivity contribution >= 4 is 5.91 Å². The first kappa shape index (κ1) is 13.9. The number of amides is 1. The Hall–Kier alpha value is -2.11. The van der Waals surface area contributed by atoms with Crippen molar-refractivity contribution in [1.29, 1.82) is 0 Å². The van der Waals surface area contributed by atoms with Crippen LogP contribution in [-0.4, -0.2) is 32.8 Å². The minimum absolute atomic E-state index is 0.0830. The van der Waals surface area contributed by atoms with Gasteiger partial charge in [0.2, 0.25) is 5.91 Å². The molecule has 1 aliphatic carbocycles. The van der Waals surface area contributed by atoms with E-state index in [1.165, 1.54) is 0 Å². The molecule has 0 unspecified atom stereocenters. The normalized spacial score (nSPS) is 20.6. The summed E-state index contributed by atoms with van der Waals surface area (Å²) in [6.45, 7) is 4.33. The van der Waals surface area contributed by atoms with Gasteiger partial charge in [-0.1, -0.05) is 5.16 Å². The minimum Gasteiger partial charge on any atom is -0.361 e. The number of aromatic nitrogens is 3. The fraction of sp³-hybridized carbons (Fsp3) is 0.533. The molecule has 1 saturated carbocycles. The maximum Gasteiger partial charge on any atom is 0.226 e. The van der Waals surface area contributed by atoms with E-state index in [-0.39, 0.29) is 11.8 Å². The predicted molar refractivity (Wildman–Crippen MR) is 76.5 cm³/mol. The Morgan fingerprint density at radius 3 is 2.86 bits per heavy atom. The first-order chi connectivity index (χ1) is 9.97. The molecule has 6 heteroatoms. The molecule has 0 radical (unpaired) electrons. The monoisotopic (exact) mass is 288 g/mol. The minimum atomic E-state index is 0.0830. The fourth-order valence-electron chi connectivity index (χ4n) is 2.79. The quantitative estimate of drug-likeness (QED) is 0.860. The van der Waals surface area contributed by atoms with E-state index in [2.05, 4.69) is 10.3 Å². The largest absolute Gasteiger partial charge is 0.361 e. The van der Waals surface area contributed by atoms with Crippen LogP contribution >= 0.6 is 0 Å². The summed E-state index contributed by atoms with van der Waals surface area (Å²) in [6.07, 6.45) is 4.76. The zero-order valence-electron chi connectivity index (χ0n) is 12.8. The zero-order valence-corrected chi connectivity index (χ0v) is 12.8. The highest BCUT2D eigenvalue weighted by Gasteiger charge is 2.45. The highest BCUT2D eigenvalue weighted by atomic mass is 16.5. The summed E-state index contributed by atoms with van der Waals surface area (Å²) < 4.78 is 6.93. The number of carbonyl (C=O) groups excluding carboxylic acids is 1. The predicted octanol–water partition coefficient (Wildman–Crippen LogP) is 1.79. The van der Waals surface area contributed by atoms with Gasteiger partial charge >= 0.3 is 0 Å². The number of hydrogen-bond donors (Lipinski definition) is 0. The van der Waals surface area contributed by atoms with E-state index in [4.69, 9.17) is 4.52 Å². The van der Waals surface area contributed by atoms with E-state index in [0.29, 0.717) is 12.5 Å². The molecule has 0 spiro atoms. The third-order valence-corrected chi connectivity index (χ3v) is 4.21. The molecule has 21 heavy (non-hydrogen) atoms. The molecule has 2 aromatic rings. The first-order valence-electron chi connectivity index (χ1n) is 7.12. The van der Waals surface area contributed by atoms with E-state index in [1.54, 1.807) is 9.58 Å². The second-order valence-corrected chi connectivity index (χ2v) is 5.89. The molecule has 2 heterocycles. The van der Waals surface area contributed by atoms with Crippen molar-refractivity contribution in [2.24, 2.45) is 13.0 Å². The van der Waals surface area contributed by atoms with Crippen LogP contribution in [0.4, 0.5) is 0 Å². The van der Waals surface area contributed by atoms with Crippen molar-refractivity contribution in [3.05, 3.63) is 35.0 Å². The van der Waals surface area contributed by atoms with Crippen molar-refractivity contribution in [3.8, 4) is 0 Å². The lowest BCUT2D eigenvalue weighted by Crippen LogP contribution is -2.28. The van der Waals surface area contributed by atoms with Gasteiger partial charge in [-0.05, 0) is 31.7 Å². The van der Waals surface area contributed by atoms with Crippen LogP contribution in [0.15, 0.2) is 16.9 Å². The van der Waals surface area contributed by atoms with E-state index in [0.717, 1.165) is 29.0 Å². The summed E-state index contributed by atoms with van der Waals surface area (Å²) in [5.74, 6) is 1.37. The molecule has 0 bridgehead atoms. The molecular weight excluding hydrogens is 268 g/mol. The zero-order chi connectivity index (χ0) is 15.1. The van der Waals surface area contributed by atoms with Gasteiger partial charge < -0.3 is 9.42 Å². The summed E-state index contributed by atoms with van der Waals surface area (Å²) in [7, 11) is 3.74.